The van der Waals surface area contributed by atoms with Gasteiger partial charge in [-0.15, -0.1) is 0 Å². The van der Waals surface area contributed by atoms with Crippen LogP contribution < -0.4 is 4.74 Å². The summed E-state index contributed by atoms with van der Waals surface area (Å²) >= 11 is 5.92. The number of fused-ring (bicyclic) bond motifs is 3. The quantitative estimate of drug-likeness (QED) is 0.761. The van der Waals surface area contributed by atoms with Gasteiger partial charge in [0, 0.05) is 10.9 Å². The van der Waals surface area contributed by atoms with Crippen LogP contribution in [0.5, 0.6) is 5.75 Å². The Morgan fingerprint density at radius 3 is 2.48 bits per heavy atom. The summed E-state index contributed by atoms with van der Waals surface area (Å²) in [6, 6.07) is 7.54. The van der Waals surface area contributed by atoms with Crippen LogP contribution in [0.1, 0.15) is 31.7 Å². The molecule has 1 aliphatic heterocycles. The molecule has 29 heavy (non-hydrogen) atoms. The normalized spacial score (nSPS) is 27.5. The van der Waals surface area contributed by atoms with Crippen molar-refractivity contribution in [2.24, 2.45) is 11.8 Å². The third kappa shape index (κ3) is 2.97. The van der Waals surface area contributed by atoms with E-state index < -0.39 is 44.2 Å². The van der Waals surface area contributed by atoms with E-state index in [1.54, 1.807) is 6.92 Å². The fourth-order valence-electron chi connectivity index (χ4n) is 5.01. The molecule has 1 aliphatic carbocycles. The van der Waals surface area contributed by atoms with Gasteiger partial charge in [0.2, 0.25) is 0 Å². The summed E-state index contributed by atoms with van der Waals surface area (Å²) in [5.41, 5.74) is -0.269. The van der Waals surface area contributed by atoms with Gasteiger partial charge in [-0.25, -0.2) is 17.2 Å². The molecule has 2 aromatic rings. The topological polar surface area (TPSA) is 63.6 Å². The van der Waals surface area contributed by atoms with Crippen LogP contribution in [0.15, 0.2) is 41.3 Å². The van der Waals surface area contributed by atoms with Crippen LogP contribution in [-0.2, 0) is 14.6 Å². The Labute approximate surface area is 173 Å². The molecule has 4 unspecified atom stereocenters. The summed E-state index contributed by atoms with van der Waals surface area (Å²) in [5, 5.41) is 10.7. The van der Waals surface area contributed by atoms with Gasteiger partial charge in [0.05, 0.1) is 23.2 Å². The molecule has 0 amide bonds. The van der Waals surface area contributed by atoms with E-state index in [0.29, 0.717) is 17.9 Å². The Kier molecular flexibility index (Phi) is 5.12. The van der Waals surface area contributed by atoms with E-state index in [4.69, 9.17) is 16.3 Å². The molecule has 0 saturated heterocycles. The lowest BCUT2D eigenvalue weighted by Gasteiger charge is -2.51. The van der Waals surface area contributed by atoms with Crippen LogP contribution in [0.25, 0.3) is 0 Å². The predicted molar refractivity (Wildman–Crippen MR) is 105 cm³/mol. The summed E-state index contributed by atoms with van der Waals surface area (Å²) in [6.45, 7) is 1.48. The van der Waals surface area contributed by atoms with Gasteiger partial charge in [-0.1, -0.05) is 18.0 Å². The fourth-order valence-corrected chi connectivity index (χ4v) is 7.57. The maximum atomic E-state index is 15.1. The highest BCUT2D eigenvalue weighted by atomic mass is 35.5. The van der Waals surface area contributed by atoms with E-state index in [2.05, 4.69) is 0 Å². The molecular weight excluding hydrogens is 422 g/mol. The van der Waals surface area contributed by atoms with Crippen molar-refractivity contribution >= 4 is 21.4 Å². The molecule has 2 aliphatic rings. The molecule has 1 fully saturated rings. The molecule has 4 rings (SSSR count). The minimum atomic E-state index is -4.18. The van der Waals surface area contributed by atoms with Crippen molar-refractivity contribution in [3.8, 4) is 5.75 Å². The highest BCUT2D eigenvalue weighted by Gasteiger charge is 2.61. The largest absolute Gasteiger partial charge is 0.490 e. The van der Waals surface area contributed by atoms with E-state index in [0.717, 1.165) is 12.1 Å². The maximum Gasteiger partial charge on any atom is 0.188 e. The lowest BCUT2D eigenvalue weighted by atomic mass is 9.66. The van der Waals surface area contributed by atoms with E-state index in [9.17, 15) is 17.9 Å². The Morgan fingerprint density at radius 1 is 1.17 bits per heavy atom. The van der Waals surface area contributed by atoms with Gasteiger partial charge in [0.1, 0.15) is 10.6 Å². The first-order valence-corrected chi connectivity index (χ1v) is 11.4. The van der Waals surface area contributed by atoms with E-state index in [1.807, 2.05) is 0 Å². The Hall–Kier alpha value is -1.70. The van der Waals surface area contributed by atoms with E-state index in [-0.39, 0.29) is 29.2 Å². The predicted octanol–water partition coefficient (Wildman–Crippen LogP) is 4.48. The zero-order valence-corrected chi connectivity index (χ0v) is 17.3. The van der Waals surface area contributed by atoms with Crippen LogP contribution in [0.4, 0.5) is 8.78 Å². The lowest BCUT2D eigenvalue weighted by Crippen LogP contribution is -2.55. The minimum Gasteiger partial charge on any atom is -0.490 e. The molecule has 8 heteroatoms. The average Bonchev–Trinajstić information content (AvgIpc) is 2.69. The fraction of sp³-hybridized carbons (Fsp3) is 0.429. The number of ether oxygens (including phenoxy) is 1. The molecule has 1 heterocycles. The van der Waals surface area contributed by atoms with Gasteiger partial charge < -0.3 is 9.84 Å². The van der Waals surface area contributed by atoms with Gasteiger partial charge in [0.25, 0.3) is 0 Å². The number of hydrogen-bond donors (Lipinski definition) is 1. The first-order chi connectivity index (χ1) is 13.7. The van der Waals surface area contributed by atoms with Crippen molar-refractivity contribution in [2.45, 2.75) is 41.9 Å². The van der Waals surface area contributed by atoms with Crippen molar-refractivity contribution in [1.29, 1.82) is 0 Å². The maximum absolute atomic E-state index is 15.1. The van der Waals surface area contributed by atoms with Crippen molar-refractivity contribution in [2.75, 3.05) is 6.61 Å². The SMILES string of the molecule is CC(O)C1CCCC2(S(=O)(=O)c3ccc(Cl)cc3)c3c(F)ccc(F)c3OCC12. The number of halogens is 3. The molecule has 0 bridgehead atoms. The molecule has 0 spiro atoms. The molecule has 1 saturated carbocycles. The Balaban J connectivity index is 2.04. The van der Waals surface area contributed by atoms with Crippen LogP contribution in [0, 0.1) is 23.5 Å². The molecule has 0 radical (unpaired) electrons. The molecule has 2 aromatic carbocycles. The third-order valence-corrected chi connectivity index (χ3v) is 9.13. The second kappa shape index (κ2) is 7.22. The number of benzene rings is 2. The first kappa shape index (κ1) is 20.6. The van der Waals surface area contributed by atoms with Gasteiger partial charge in [-0.2, -0.15) is 0 Å². The average molecular weight is 443 g/mol. The van der Waals surface area contributed by atoms with Crippen LogP contribution >= 0.6 is 11.6 Å². The van der Waals surface area contributed by atoms with E-state index in [1.165, 1.54) is 24.3 Å². The van der Waals surface area contributed by atoms with Gasteiger partial charge in [-0.3, -0.25) is 0 Å². The summed E-state index contributed by atoms with van der Waals surface area (Å²) in [7, 11) is -4.18. The highest BCUT2D eigenvalue weighted by molar-refractivity contribution is 7.92. The van der Waals surface area contributed by atoms with Gasteiger partial charge in [0.15, 0.2) is 21.4 Å². The number of rotatable bonds is 3. The molecule has 4 nitrogen and oxygen atoms in total. The Morgan fingerprint density at radius 2 is 1.83 bits per heavy atom. The third-order valence-electron chi connectivity index (χ3n) is 6.31. The number of hydrogen-bond acceptors (Lipinski definition) is 4. The first-order valence-electron chi connectivity index (χ1n) is 9.49. The molecular formula is C21H21ClF2O4S. The van der Waals surface area contributed by atoms with Crippen LogP contribution in [-0.4, -0.2) is 26.2 Å². The summed E-state index contributed by atoms with van der Waals surface area (Å²) in [5.74, 6) is -3.13. The van der Waals surface area contributed by atoms with Crippen molar-refractivity contribution in [1.82, 2.24) is 0 Å². The molecule has 0 aromatic heterocycles. The van der Waals surface area contributed by atoms with Crippen molar-refractivity contribution in [3.05, 3.63) is 58.6 Å². The number of aliphatic hydroxyl groups is 1. The minimum absolute atomic E-state index is 0.0188. The van der Waals surface area contributed by atoms with Crippen LogP contribution in [0.3, 0.4) is 0 Å². The Bertz CT molecular complexity index is 1040. The number of aliphatic hydroxyl groups excluding tert-OH is 1. The molecule has 1 N–H and O–H groups in total. The smallest absolute Gasteiger partial charge is 0.188 e. The summed E-state index contributed by atoms with van der Waals surface area (Å²) in [4.78, 5) is -0.0188. The van der Waals surface area contributed by atoms with Crippen molar-refractivity contribution < 1.29 is 27.0 Å². The second-order valence-electron chi connectivity index (χ2n) is 7.79. The van der Waals surface area contributed by atoms with E-state index >= 15 is 4.39 Å². The summed E-state index contributed by atoms with van der Waals surface area (Å²) < 4.78 is 61.4. The van der Waals surface area contributed by atoms with Gasteiger partial charge >= 0.3 is 0 Å². The molecule has 4 atom stereocenters. The highest BCUT2D eigenvalue weighted by Crippen LogP contribution is 2.58. The monoisotopic (exact) mass is 442 g/mol. The van der Waals surface area contributed by atoms with Crippen LogP contribution in [0.2, 0.25) is 5.02 Å². The lowest BCUT2D eigenvalue weighted by molar-refractivity contribution is 0.00347. The van der Waals surface area contributed by atoms with Crippen molar-refractivity contribution in [3.63, 3.8) is 0 Å². The second-order valence-corrected chi connectivity index (χ2v) is 10.4. The zero-order valence-electron chi connectivity index (χ0n) is 15.7. The van der Waals surface area contributed by atoms with Gasteiger partial charge in [-0.05, 0) is 62.1 Å². The summed E-state index contributed by atoms with van der Waals surface area (Å²) in [6.07, 6.45) is 0.328. The number of sulfone groups is 1. The standard InChI is InChI=1S/C21H21ClF2O4S/c1-12(25)15-3-2-10-21(29(26,27)14-6-4-13(22)5-7-14)16(15)11-28-20-18(24)9-8-17(23)19(20)21/h4-9,12,15-16,25H,2-3,10-11H2,1H3. The zero-order chi connectivity index (χ0) is 21.0. The molecule has 156 valence electrons.